The molecule has 1 nitrogen and oxygen atoms in total. The van der Waals surface area contributed by atoms with Gasteiger partial charge in [0.25, 0.3) is 6.30 Å². The van der Waals surface area contributed by atoms with Crippen molar-refractivity contribution in [3.8, 4) is 0 Å². The van der Waals surface area contributed by atoms with Gasteiger partial charge in [-0.1, -0.05) is 0 Å². The van der Waals surface area contributed by atoms with Gasteiger partial charge in [-0.2, -0.15) is 57.1 Å². The third-order valence-electron chi connectivity index (χ3n) is 1.78. The summed E-state index contributed by atoms with van der Waals surface area (Å²) in [4.78, 5) is -3.92. The van der Waals surface area contributed by atoms with Crippen LogP contribution in [0.4, 0.5) is 61.5 Å². The summed E-state index contributed by atoms with van der Waals surface area (Å²) in [6.45, 7) is 0. The van der Waals surface area contributed by atoms with E-state index < -0.39 is 41.8 Å². The summed E-state index contributed by atoms with van der Waals surface area (Å²) in [5, 5.41) is 0. The number of hydrogen-bond acceptors (Lipinski definition) is 1. The number of rotatable bonds is 3. The average molecular weight is 353 g/mol. The highest BCUT2D eigenvalue weighted by molar-refractivity contribution is 4.91. The molecular weight excluding hydrogens is 352 g/mol. The zero-order valence-corrected chi connectivity index (χ0v) is 8.82. The Balaban J connectivity index is 6.20. The molecule has 0 saturated heterocycles. The zero-order valence-electron chi connectivity index (χ0n) is 8.82. The second kappa shape index (κ2) is 5.01. The third kappa shape index (κ3) is 3.60. The van der Waals surface area contributed by atoms with Gasteiger partial charge in [0.1, 0.15) is 0 Å². The van der Waals surface area contributed by atoms with E-state index in [4.69, 9.17) is 0 Å². The van der Waals surface area contributed by atoms with Crippen molar-refractivity contribution in [2.75, 3.05) is 0 Å². The maximum Gasteiger partial charge on any atom is 0.469 e. The topological polar surface area (TPSA) is 3.24 Å². The van der Waals surface area contributed by atoms with Crippen molar-refractivity contribution < 1.29 is 61.5 Å². The van der Waals surface area contributed by atoms with Crippen molar-refractivity contribution in [1.29, 1.82) is 0 Å². The molecule has 21 heavy (non-hydrogen) atoms. The van der Waals surface area contributed by atoms with Gasteiger partial charge in [-0.25, -0.2) is 4.39 Å². The fourth-order valence-corrected chi connectivity index (χ4v) is 0.881. The number of alkyl halides is 14. The molecule has 0 aliphatic carbocycles. The van der Waals surface area contributed by atoms with Gasteiger partial charge in [0.05, 0.1) is 0 Å². The summed E-state index contributed by atoms with van der Waals surface area (Å²) in [6, 6.07) is -14.9. The Labute approximate surface area is 105 Å². The van der Waals surface area contributed by atoms with E-state index in [1.54, 1.807) is 0 Å². The van der Waals surface area contributed by atoms with Gasteiger partial charge in [0.15, 0.2) is 0 Å². The van der Waals surface area contributed by atoms with Crippen LogP contribution in [0, 0.1) is 0 Å². The minimum Gasteiger partial charge on any atom is -0.219 e. The van der Waals surface area contributed by atoms with Crippen LogP contribution in [-0.2, 0) is 0 Å². The molecule has 0 saturated carbocycles. The van der Waals surface area contributed by atoms with Crippen LogP contribution < -0.4 is 0 Å². The van der Waals surface area contributed by atoms with Gasteiger partial charge < -0.3 is 0 Å². The predicted molar refractivity (Wildman–Crippen MR) is 34.8 cm³/mol. The molecule has 0 rings (SSSR count). The first-order valence-corrected chi connectivity index (χ1v) is 4.17. The van der Waals surface area contributed by atoms with Crippen LogP contribution in [0.1, 0.15) is 0 Å². The molecular formula is C6HF14N. The van der Waals surface area contributed by atoms with Crippen LogP contribution in [0.15, 0.2) is 0 Å². The van der Waals surface area contributed by atoms with Crippen LogP contribution >= 0.6 is 0 Å². The zero-order chi connectivity index (χ0) is 17.7. The molecule has 0 heterocycles. The number of hydrogen-bond donors (Lipinski definition) is 0. The number of nitrogens with zero attached hydrogens (tertiary/aromatic N) is 1. The second-order valence-electron chi connectivity index (χ2n) is 3.33. The second-order valence-corrected chi connectivity index (χ2v) is 3.33. The quantitative estimate of drug-likeness (QED) is 0.535. The van der Waals surface area contributed by atoms with E-state index in [0.29, 0.717) is 0 Å². The van der Waals surface area contributed by atoms with Crippen LogP contribution in [0.5, 0.6) is 0 Å². The van der Waals surface area contributed by atoms with Crippen molar-refractivity contribution in [1.82, 2.24) is 4.90 Å². The number of halogens is 14. The fraction of sp³-hybridized carbons (Fsp3) is 1.00. The first-order chi connectivity index (χ1) is 8.78. The highest BCUT2D eigenvalue weighted by Gasteiger charge is 2.79. The lowest BCUT2D eigenvalue weighted by Gasteiger charge is -2.39. The van der Waals surface area contributed by atoms with Gasteiger partial charge >= 0.3 is 30.6 Å². The molecule has 0 fully saturated rings. The van der Waals surface area contributed by atoms with Gasteiger partial charge in [-0.15, -0.1) is 4.90 Å². The molecule has 0 aliphatic rings. The molecule has 15 heteroatoms. The SMILES string of the molecule is FC(N(C(F)(F)C(F)(F)F)C(F)(F)C(F)(F)F)C(F)(F)F. The molecule has 0 aromatic carbocycles. The molecule has 0 radical (unpaired) electrons. The Morgan fingerprint density at radius 2 is 0.762 bits per heavy atom. The highest BCUT2D eigenvalue weighted by atomic mass is 19.4. The Morgan fingerprint density at radius 1 is 0.524 bits per heavy atom. The van der Waals surface area contributed by atoms with Crippen molar-refractivity contribution in [2.45, 2.75) is 36.9 Å². The fourth-order valence-electron chi connectivity index (χ4n) is 0.881. The molecule has 0 N–H and O–H groups in total. The summed E-state index contributed by atoms with van der Waals surface area (Å²) < 4.78 is 168. The summed E-state index contributed by atoms with van der Waals surface area (Å²) in [5.74, 6) is 0. The standard InChI is InChI=1S/C6HF14N/c7-1(2(8,9)10)21(5(17,18)3(11,12)13)6(19,20)4(14,15)16/h1H. The highest BCUT2D eigenvalue weighted by Crippen LogP contribution is 2.51. The average Bonchev–Trinajstić information content (AvgIpc) is 2.11. The molecule has 1 unspecified atom stereocenters. The third-order valence-corrected chi connectivity index (χ3v) is 1.78. The molecule has 128 valence electrons. The van der Waals surface area contributed by atoms with Gasteiger partial charge in [-0.3, -0.25) is 0 Å². The van der Waals surface area contributed by atoms with E-state index in [2.05, 4.69) is 0 Å². The van der Waals surface area contributed by atoms with Crippen LogP contribution in [-0.4, -0.2) is 41.8 Å². The Hall–Kier alpha value is -1.02. The van der Waals surface area contributed by atoms with Crippen LogP contribution in [0.25, 0.3) is 0 Å². The molecule has 0 bridgehead atoms. The molecule has 0 aromatic rings. The van der Waals surface area contributed by atoms with Crippen molar-refractivity contribution in [2.24, 2.45) is 0 Å². The van der Waals surface area contributed by atoms with Crippen molar-refractivity contribution in [3.05, 3.63) is 0 Å². The summed E-state index contributed by atoms with van der Waals surface area (Å²) in [6.07, 6.45) is -27.5. The van der Waals surface area contributed by atoms with E-state index in [1.807, 2.05) is 0 Å². The summed E-state index contributed by atoms with van der Waals surface area (Å²) in [5.41, 5.74) is 0. The Morgan fingerprint density at radius 3 is 0.905 bits per heavy atom. The smallest absolute Gasteiger partial charge is 0.219 e. The van der Waals surface area contributed by atoms with Crippen LogP contribution in [0.2, 0.25) is 0 Å². The minimum atomic E-state index is -7.46. The molecule has 0 aliphatic heterocycles. The molecule has 0 spiro atoms. The molecule has 0 aromatic heterocycles. The van der Waals surface area contributed by atoms with Crippen molar-refractivity contribution in [3.63, 3.8) is 0 Å². The van der Waals surface area contributed by atoms with E-state index in [-0.39, 0.29) is 0 Å². The van der Waals surface area contributed by atoms with Gasteiger partial charge in [0, 0.05) is 0 Å². The van der Waals surface area contributed by atoms with Crippen LogP contribution in [0.3, 0.4) is 0 Å². The largest absolute Gasteiger partial charge is 0.469 e. The van der Waals surface area contributed by atoms with Crippen molar-refractivity contribution >= 4 is 0 Å². The predicted octanol–water partition coefficient (Wildman–Crippen LogP) is 4.46. The first-order valence-electron chi connectivity index (χ1n) is 4.17. The Kier molecular flexibility index (Phi) is 4.77. The van der Waals surface area contributed by atoms with E-state index >= 15 is 0 Å². The summed E-state index contributed by atoms with van der Waals surface area (Å²) in [7, 11) is 0. The maximum atomic E-state index is 12.5. The first kappa shape index (κ1) is 20.0. The summed E-state index contributed by atoms with van der Waals surface area (Å²) >= 11 is 0. The molecule has 0 amide bonds. The Bertz CT molecular complexity index is 333. The van der Waals surface area contributed by atoms with Gasteiger partial charge in [-0.05, 0) is 0 Å². The lowest BCUT2D eigenvalue weighted by atomic mass is 10.3. The maximum absolute atomic E-state index is 12.5. The van der Waals surface area contributed by atoms with E-state index in [1.165, 1.54) is 0 Å². The lowest BCUT2D eigenvalue weighted by molar-refractivity contribution is -0.463. The minimum absolute atomic E-state index is 3.92. The normalized spacial score (nSPS) is 17.3. The molecule has 1 atom stereocenters. The monoisotopic (exact) mass is 353 g/mol. The lowest BCUT2D eigenvalue weighted by Crippen LogP contribution is -2.68. The van der Waals surface area contributed by atoms with E-state index in [9.17, 15) is 61.5 Å². The van der Waals surface area contributed by atoms with E-state index in [0.717, 1.165) is 0 Å². The van der Waals surface area contributed by atoms with Gasteiger partial charge in [0.2, 0.25) is 0 Å².